The highest BCUT2D eigenvalue weighted by Crippen LogP contribution is 2.19. The fourth-order valence-electron chi connectivity index (χ4n) is 1.92. The highest BCUT2D eigenvalue weighted by atomic mass is 16.5. The molecule has 0 radical (unpaired) electrons. The van der Waals surface area contributed by atoms with Crippen molar-refractivity contribution in [3.05, 3.63) is 29.8 Å². The van der Waals surface area contributed by atoms with E-state index in [0.717, 1.165) is 31.0 Å². The lowest BCUT2D eigenvalue weighted by atomic mass is 10.1. The molecule has 1 unspecified atom stereocenters. The second-order valence-electron chi connectivity index (χ2n) is 4.38. The number of benzene rings is 1. The minimum atomic E-state index is -0.503. The maximum Gasteiger partial charge on any atom is 0.119 e. The topological polar surface area (TPSA) is 41.9 Å². The van der Waals surface area contributed by atoms with Crippen molar-refractivity contribution >= 4 is 0 Å². The number of hydrogen-bond donors (Lipinski definition) is 1. The van der Waals surface area contributed by atoms with E-state index in [2.05, 4.69) is 11.8 Å². The Morgan fingerprint density at radius 1 is 1.32 bits per heavy atom. The van der Waals surface area contributed by atoms with Gasteiger partial charge >= 0.3 is 0 Å². The number of aliphatic hydroxyl groups is 1. The summed E-state index contributed by atoms with van der Waals surface area (Å²) < 4.78 is 10.5. The summed E-state index contributed by atoms with van der Waals surface area (Å²) in [5.41, 5.74) is 0.884. The molecule has 0 saturated carbocycles. The zero-order valence-corrected chi connectivity index (χ0v) is 12.1. The molecule has 1 N–H and O–H groups in total. The molecule has 0 bridgehead atoms. The van der Waals surface area contributed by atoms with Gasteiger partial charge in [-0.3, -0.25) is 4.90 Å². The molecule has 1 aromatic carbocycles. The van der Waals surface area contributed by atoms with Gasteiger partial charge in [-0.2, -0.15) is 0 Å². The molecule has 0 fully saturated rings. The average Bonchev–Trinajstić information content (AvgIpc) is 2.46. The predicted molar refractivity (Wildman–Crippen MR) is 76.6 cm³/mol. The molecule has 0 aliphatic heterocycles. The fourth-order valence-corrected chi connectivity index (χ4v) is 1.92. The van der Waals surface area contributed by atoms with Crippen LogP contribution in [-0.4, -0.2) is 50.0 Å². The van der Waals surface area contributed by atoms with Gasteiger partial charge < -0.3 is 14.6 Å². The van der Waals surface area contributed by atoms with Gasteiger partial charge in [-0.15, -0.1) is 0 Å². The summed E-state index contributed by atoms with van der Waals surface area (Å²) in [7, 11) is 1.63. The van der Waals surface area contributed by atoms with Crippen LogP contribution in [0, 0.1) is 0 Å². The van der Waals surface area contributed by atoms with Crippen molar-refractivity contribution in [2.45, 2.75) is 20.0 Å². The van der Waals surface area contributed by atoms with E-state index in [-0.39, 0.29) is 0 Å². The summed E-state index contributed by atoms with van der Waals surface area (Å²) >= 11 is 0. The molecular weight excluding hydrogens is 242 g/mol. The van der Waals surface area contributed by atoms with Crippen LogP contribution in [0.2, 0.25) is 0 Å². The molecule has 1 aromatic rings. The summed E-state index contributed by atoms with van der Waals surface area (Å²) in [6.07, 6.45) is -0.503. The van der Waals surface area contributed by atoms with E-state index in [1.165, 1.54) is 0 Å². The third kappa shape index (κ3) is 5.59. The Hall–Kier alpha value is -1.10. The van der Waals surface area contributed by atoms with Crippen LogP contribution in [-0.2, 0) is 4.74 Å². The SMILES string of the molecule is CCOCCN(CC)CC(O)c1cccc(OC)c1. The van der Waals surface area contributed by atoms with Crippen molar-refractivity contribution in [2.75, 3.05) is 40.0 Å². The first kappa shape index (κ1) is 16.0. The minimum absolute atomic E-state index is 0.503. The molecule has 0 aliphatic carbocycles. The maximum atomic E-state index is 10.3. The van der Waals surface area contributed by atoms with Crippen LogP contribution >= 0.6 is 0 Å². The van der Waals surface area contributed by atoms with E-state index in [1.54, 1.807) is 7.11 Å². The van der Waals surface area contributed by atoms with Crippen molar-refractivity contribution in [1.29, 1.82) is 0 Å². The molecule has 1 rings (SSSR count). The van der Waals surface area contributed by atoms with Gasteiger partial charge in [-0.05, 0) is 31.2 Å². The summed E-state index contributed by atoms with van der Waals surface area (Å²) in [4.78, 5) is 2.18. The summed E-state index contributed by atoms with van der Waals surface area (Å²) in [6.45, 7) is 7.85. The first-order valence-corrected chi connectivity index (χ1v) is 6.83. The first-order chi connectivity index (χ1) is 9.21. The smallest absolute Gasteiger partial charge is 0.119 e. The molecule has 0 aromatic heterocycles. The summed E-state index contributed by atoms with van der Waals surface area (Å²) in [6, 6.07) is 7.57. The normalized spacial score (nSPS) is 12.7. The molecule has 0 spiro atoms. The van der Waals surface area contributed by atoms with Crippen LogP contribution in [0.25, 0.3) is 0 Å². The van der Waals surface area contributed by atoms with Gasteiger partial charge in [0, 0.05) is 19.7 Å². The Bertz CT molecular complexity index is 357. The van der Waals surface area contributed by atoms with E-state index >= 15 is 0 Å². The van der Waals surface area contributed by atoms with Crippen molar-refractivity contribution in [1.82, 2.24) is 4.90 Å². The molecule has 0 aliphatic rings. The van der Waals surface area contributed by atoms with Crippen LogP contribution in [0.4, 0.5) is 0 Å². The average molecular weight is 267 g/mol. The fraction of sp³-hybridized carbons (Fsp3) is 0.600. The molecule has 1 atom stereocenters. The molecular formula is C15H25NO3. The van der Waals surface area contributed by atoms with Crippen molar-refractivity contribution in [2.24, 2.45) is 0 Å². The van der Waals surface area contributed by atoms with Crippen molar-refractivity contribution < 1.29 is 14.6 Å². The second-order valence-corrected chi connectivity index (χ2v) is 4.38. The van der Waals surface area contributed by atoms with Crippen LogP contribution in [0.3, 0.4) is 0 Å². The van der Waals surface area contributed by atoms with Crippen LogP contribution in [0.15, 0.2) is 24.3 Å². The summed E-state index contributed by atoms with van der Waals surface area (Å²) in [5.74, 6) is 0.772. The van der Waals surface area contributed by atoms with E-state index in [4.69, 9.17) is 9.47 Å². The monoisotopic (exact) mass is 267 g/mol. The van der Waals surface area contributed by atoms with Gasteiger partial charge in [-0.25, -0.2) is 0 Å². The minimum Gasteiger partial charge on any atom is -0.497 e. The van der Waals surface area contributed by atoms with Gasteiger partial charge in [-0.1, -0.05) is 19.1 Å². The molecule has 108 valence electrons. The third-order valence-corrected chi connectivity index (χ3v) is 3.11. The van der Waals surface area contributed by atoms with Gasteiger partial charge in [0.05, 0.1) is 19.8 Å². The standard InChI is InChI=1S/C15H25NO3/c1-4-16(9-10-19-5-2)12-15(17)13-7-6-8-14(11-13)18-3/h6-8,11,15,17H,4-5,9-10,12H2,1-3H3. The van der Waals surface area contributed by atoms with E-state index < -0.39 is 6.10 Å². The molecule has 4 heteroatoms. The highest BCUT2D eigenvalue weighted by Gasteiger charge is 2.12. The van der Waals surface area contributed by atoms with Gasteiger partial charge in [0.2, 0.25) is 0 Å². The lowest BCUT2D eigenvalue weighted by molar-refractivity contribution is 0.0791. The Balaban J connectivity index is 2.53. The van der Waals surface area contributed by atoms with Gasteiger partial charge in [0.25, 0.3) is 0 Å². The Labute approximate surface area is 115 Å². The van der Waals surface area contributed by atoms with Gasteiger partial charge in [0.15, 0.2) is 0 Å². The Morgan fingerprint density at radius 3 is 2.74 bits per heavy atom. The van der Waals surface area contributed by atoms with Crippen molar-refractivity contribution in [3.8, 4) is 5.75 Å². The zero-order valence-electron chi connectivity index (χ0n) is 12.1. The second kappa shape index (κ2) is 8.91. The number of nitrogens with zero attached hydrogens (tertiary/aromatic N) is 1. The molecule has 4 nitrogen and oxygen atoms in total. The zero-order chi connectivity index (χ0) is 14.1. The predicted octanol–water partition coefficient (Wildman–Crippen LogP) is 2.09. The maximum absolute atomic E-state index is 10.3. The largest absolute Gasteiger partial charge is 0.497 e. The first-order valence-electron chi connectivity index (χ1n) is 6.83. The molecule has 0 saturated heterocycles. The van der Waals surface area contributed by atoms with E-state index in [0.29, 0.717) is 13.2 Å². The third-order valence-electron chi connectivity index (χ3n) is 3.11. The Morgan fingerprint density at radius 2 is 2.11 bits per heavy atom. The molecule has 0 amide bonds. The lowest BCUT2D eigenvalue weighted by Crippen LogP contribution is -2.31. The Kier molecular flexibility index (Phi) is 7.48. The van der Waals surface area contributed by atoms with Crippen LogP contribution in [0.1, 0.15) is 25.5 Å². The number of ether oxygens (including phenoxy) is 2. The molecule has 19 heavy (non-hydrogen) atoms. The summed E-state index contributed by atoms with van der Waals surface area (Å²) in [5, 5.41) is 10.3. The molecule has 0 heterocycles. The van der Waals surface area contributed by atoms with Crippen LogP contribution < -0.4 is 4.74 Å². The van der Waals surface area contributed by atoms with E-state index in [1.807, 2.05) is 31.2 Å². The number of rotatable bonds is 9. The van der Waals surface area contributed by atoms with E-state index in [9.17, 15) is 5.11 Å². The number of methoxy groups -OCH3 is 1. The number of hydrogen-bond acceptors (Lipinski definition) is 4. The highest BCUT2D eigenvalue weighted by molar-refractivity contribution is 5.29. The number of aliphatic hydroxyl groups excluding tert-OH is 1. The van der Waals surface area contributed by atoms with Crippen LogP contribution in [0.5, 0.6) is 5.75 Å². The lowest BCUT2D eigenvalue weighted by Gasteiger charge is -2.23. The quantitative estimate of drug-likeness (QED) is 0.696. The van der Waals surface area contributed by atoms with Crippen molar-refractivity contribution in [3.63, 3.8) is 0 Å². The van der Waals surface area contributed by atoms with Gasteiger partial charge in [0.1, 0.15) is 5.75 Å². The number of likely N-dealkylation sites (N-methyl/N-ethyl adjacent to an activating group) is 1.